The number of hydrogen-bond donors (Lipinski definition) is 0. The third kappa shape index (κ3) is 8.82. The average Bonchev–Trinajstić information content (AvgIpc) is 1.41. The van der Waals surface area contributed by atoms with E-state index in [-0.39, 0.29) is 27.4 Å². The van der Waals surface area contributed by atoms with Crippen LogP contribution < -0.4 is 0 Å². The van der Waals surface area contributed by atoms with Crippen molar-refractivity contribution in [3.05, 3.63) is 0 Å². The Bertz CT molecular complexity index is 19.0. The smallest absolute Gasteiger partial charge is 0.396 e. The molecule has 0 N–H and O–H groups in total. The zero-order valence-electron chi connectivity index (χ0n) is 3.89. The van der Waals surface area contributed by atoms with Crippen LogP contribution >= 0.6 is 0 Å². The molecule has 30 valence electrons. The fraction of sp³-hybridized carbons (Fsp3) is 1.00. The summed E-state index contributed by atoms with van der Waals surface area (Å²) in [6.07, 6.45) is 0. The normalized spacial score (nSPS) is 7.00. The van der Waals surface area contributed by atoms with Crippen LogP contribution in [0.4, 0.5) is 0 Å². The Morgan fingerprint density at radius 3 is 1.50 bits per heavy atom. The van der Waals surface area contributed by atoms with E-state index in [2.05, 4.69) is 8.85 Å². The Balaban J connectivity index is 0. The van der Waals surface area contributed by atoms with Gasteiger partial charge in [-0.3, -0.25) is 0 Å². The van der Waals surface area contributed by atoms with Gasteiger partial charge in [-0.15, -0.1) is 0 Å². The van der Waals surface area contributed by atoms with Crippen LogP contribution in [-0.2, 0) is 8.85 Å². The minimum absolute atomic E-state index is 0. The van der Waals surface area contributed by atoms with E-state index in [1.165, 1.54) is 0 Å². The van der Waals surface area contributed by atoms with Gasteiger partial charge in [0.15, 0.2) is 0 Å². The van der Waals surface area contributed by atoms with Gasteiger partial charge in [0.2, 0.25) is 0 Å². The van der Waals surface area contributed by atoms with Gasteiger partial charge < -0.3 is 8.85 Å². The predicted octanol–water partition coefficient (Wildman–Crippen LogP) is -0.567. The average molecular weight is 117 g/mol. The summed E-state index contributed by atoms with van der Waals surface area (Å²) in [6.45, 7) is 0. The molecule has 0 saturated carbocycles. The first-order chi connectivity index (χ1) is 2.41. The zero-order chi connectivity index (χ0) is 4.12. The zero-order valence-corrected chi connectivity index (χ0v) is 6.05. The fourth-order valence-corrected chi connectivity index (χ4v) is 0.250. The Labute approximate surface area is 51.0 Å². The summed E-state index contributed by atoms with van der Waals surface area (Å²) in [4.78, 5) is 0. The second-order valence-electron chi connectivity index (χ2n) is 0.492. The van der Waals surface area contributed by atoms with E-state index in [1.54, 1.807) is 14.2 Å². The van der Waals surface area contributed by atoms with Crippen LogP contribution in [0.3, 0.4) is 0 Å². The van der Waals surface area contributed by atoms with Gasteiger partial charge in [0.1, 0.15) is 0 Å². The molecule has 0 fully saturated rings. The van der Waals surface area contributed by atoms with Crippen molar-refractivity contribution in [1.82, 2.24) is 0 Å². The summed E-state index contributed by atoms with van der Waals surface area (Å²) in [6, 6.07) is 0. The van der Waals surface area contributed by atoms with Gasteiger partial charge in [-0.2, -0.15) is 0 Å². The molecule has 6 heavy (non-hydrogen) atoms. The first-order valence-corrected chi connectivity index (χ1v) is 2.04. The van der Waals surface area contributed by atoms with Gasteiger partial charge >= 0.3 is 27.4 Å². The maximum Gasteiger partial charge on any atom is 3.00 e. The van der Waals surface area contributed by atoms with Gasteiger partial charge in [0, 0.05) is 14.2 Å². The Morgan fingerprint density at radius 1 is 1.17 bits per heavy atom. The minimum atomic E-state index is 0. The van der Waals surface area contributed by atoms with Crippen molar-refractivity contribution in [3.8, 4) is 0 Å². The first-order valence-electron chi connectivity index (χ1n) is 1.22. The van der Waals surface area contributed by atoms with Crippen LogP contribution in [0.2, 0.25) is 0 Å². The molecule has 0 aromatic rings. The molecule has 0 aliphatic carbocycles. The molecule has 0 amide bonds. The van der Waals surface area contributed by atoms with Crippen LogP contribution in [0.25, 0.3) is 0 Å². The van der Waals surface area contributed by atoms with Crippen LogP contribution in [0, 0.1) is 0 Å². The van der Waals surface area contributed by atoms with E-state index in [0.29, 0.717) is 0 Å². The van der Waals surface area contributed by atoms with Crippen molar-refractivity contribution in [1.29, 1.82) is 0 Å². The van der Waals surface area contributed by atoms with Crippen molar-refractivity contribution in [2.45, 2.75) is 0 Å². The summed E-state index contributed by atoms with van der Waals surface area (Å²) in [5.41, 5.74) is 0. The van der Waals surface area contributed by atoms with Crippen molar-refractivity contribution in [2.75, 3.05) is 14.2 Å². The summed E-state index contributed by atoms with van der Waals surface area (Å²) in [5, 5.41) is 0. The monoisotopic (exact) mass is 117 g/mol. The maximum atomic E-state index is 4.50. The molecular weight excluding hydrogens is 111 g/mol. The van der Waals surface area contributed by atoms with Gasteiger partial charge in [-0.25, -0.2) is 0 Å². The summed E-state index contributed by atoms with van der Waals surface area (Å²) in [7, 11) is 3.40. The van der Waals surface area contributed by atoms with E-state index < -0.39 is 0 Å². The van der Waals surface area contributed by atoms with Crippen LogP contribution in [0.15, 0.2) is 0 Å². The van der Waals surface area contributed by atoms with Crippen molar-refractivity contribution >= 4 is 27.4 Å². The minimum Gasteiger partial charge on any atom is -0.396 e. The van der Waals surface area contributed by atoms with Crippen LogP contribution in [-0.4, -0.2) is 41.6 Å². The van der Waals surface area contributed by atoms with E-state index in [1.807, 2.05) is 0 Å². The summed E-state index contributed by atoms with van der Waals surface area (Å²) < 4.78 is 8.99. The first kappa shape index (κ1) is 9.83. The molecule has 0 saturated heterocycles. The largest absolute Gasteiger partial charge is 3.00 e. The molecule has 0 rings (SSSR count). The molecule has 0 aromatic heterocycles. The van der Waals surface area contributed by atoms with Gasteiger partial charge in [0.05, 0.1) is 0 Å². The van der Waals surface area contributed by atoms with Gasteiger partial charge in [-0.05, 0) is 0 Å². The third-order valence-corrected chi connectivity index (χ3v) is 0.500. The molecule has 2 nitrogen and oxygen atoms in total. The second kappa shape index (κ2) is 9.18. The van der Waals surface area contributed by atoms with Crippen molar-refractivity contribution in [3.63, 3.8) is 0 Å². The summed E-state index contributed by atoms with van der Waals surface area (Å²) >= 11 is 0. The number of hydrogen-bond acceptors (Lipinski definition) is 2. The second-order valence-corrected chi connectivity index (χ2v) is 1.47. The molecular formula is C2H6AlO2Si+3. The molecule has 0 heterocycles. The topological polar surface area (TPSA) is 18.5 Å². The Kier molecular flexibility index (Phi) is 15.0. The molecule has 0 bridgehead atoms. The molecule has 0 unspecified atom stereocenters. The molecule has 4 heteroatoms. The van der Waals surface area contributed by atoms with Gasteiger partial charge in [-0.1, -0.05) is 0 Å². The predicted molar refractivity (Wildman–Crippen MR) is 25.5 cm³/mol. The quantitative estimate of drug-likeness (QED) is 0.451. The SMILES string of the molecule is CO[Si]OC.[Al+3]. The molecule has 0 spiro atoms. The van der Waals surface area contributed by atoms with Crippen LogP contribution in [0.1, 0.15) is 0 Å². The van der Waals surface area contributed by atoms with E-state index in [0.717, 1.165) is 0 Å². The molecule has 0 atom stereocenters. The van der Waals surface area contributed by atoms with E-state index in [4.69, 9.17) is 0 Å². The van der Waals surface area contributed by atoms with E-state index in [9.17, 15) is 0 Å². The van der Waals surface area contributed by atoms with Crippen molar-refractivity contribution < 1.29 is 8.85 Å². The standard InChI is InChI=1S/C2H6O2Si.Al/c1-3-5-4-2;/h1-2H3;/q;+3. The summed E-state index contributed by atoms with van der Waals surface area (Å²) in [5.74, 6) is 0. The molecule has 0 aliphatic heterocycles. The van der Waals surface area contributed by atoms with Crippen LogP contribution in [0.5, 0.6) is 0 Å². The Hall–Kier alpha value is 0.669. The molecule has 2 radical (unpaired) electrons. The fourth-order valence-electron chi connectivity index (χ4n) is 0.0833. The van der Waals surface area contributed by atoms with Gasteiger partial charge in [0.25, 0.3) is 0 Å². The van der Waals surface area contributed by atoms with Crippen molar-refractivity contribution in [2.24, 2.45) is 0 Å². The van der Waals surface area contributed by atoms with E-state index >= 15 is 0 Å². The Morgan fingerprint density at radius 2 is 1.50 bits per heavy atom. The maximum absolute atomic E-state index is 4.50. The number of rotatable bonds is 2. The molecule has 0 aromatic carbocycles. The molecule has 0 aliphatic rings. The third-order valence-electron chi connectivity index (χ3n) is 0.167.